The molecule has 0 amide bonds. The molecular formula is C16H15O5P. The molecule has 0 bridgehead atoms. The first-order valence-corrected chi connectivity index (χ1v) is 7.80. The van der Waals surface area contributed by atoms with Gasteiger partial charge in [0.1, 0.15) is 11.5 Å². The largest absolute Gasteiger partial charge is 0.418 e. The van der Waals surface area contributed by atoms with Gasteiger partial charge < -0.3 is 9.05 Å². The lowest BCUT2D eigenvalue weighted by Gasteiger charge is -2.08. The highest BCUT2D eigenvalue weighted by molar-refractivity contribution is 7.34. The smallest absolute Gasteiger partial charge is 0.418 e. The highest BCUT2D eigenvalue weighted by atomic mass is 31.1. The van der Waals surface area contributed by atoms with Crippen molar-refractivity contribution in [3.63, 3.8) is 0 Å². The third kappa shape index (κ3) is 4.30. The van der Waals surface area contributed by atoms with E-state index in [4.69, 9.17) is 9.05 Å². The molecule has 0 N–H and O–H groups in total. The van der Waals surface area contributed by atoms with E-state index in [2.05, 4.69) is 0 Å². The van der Waals surface area contributed by atoms with Gasteiger partial charge in [-0.3, -0.25) is 9.59 Å². The molecule has 0 aromatic heterocycles. The molecule has 0 saturated carbocycles. The molecule has 0 saturated heterocycles. The summed E-state index contributed by atoms with van der Waals surface area (Å²) < 4.78 is 22.2. The van der Waals surface area contributed by atoms with Gasteiger partial charge in [0, 0.05) is 11.1 Å². The Kier molecular flexibility index (Phi) is 5.12. The number of rotatable bonds is 6. The van der Waals surface area contributed by atoms with Crippen molar-refractivity contribution in [1.29, 1.82) is 0 Å². The van der Waals surface area contributed by atoms with E-state index in [-0.39, 0.29) is 11.6 Å². The molecule has 0 spiro atoms. The Morgan fingerprint density at radius 1 is 0.727 bits per heavy atom. The molecule has 5 nitrogen and oxygen atoms in total. The number of carbonyl (C=O) groups is 2. The average molecular weight is 318 g/mol. The molecule has 0 aliphatic carbocycles. The Morgan fingerprint density at radius 3 is 1.32 bits per heavy atom. The van der Waals surface area contributed by atoms with Gasteiger partial charge in [0.25, 0.3) is 0 Å². The molecule has 0 aliphatic heterocycles. The Bertz CT molecular complexity index is 643. The second-order valence-electron chi connectivity index (χ2n) is 4.62. The molecule has 0 unspecified atom stereocenters. The standard InChI is InChI=1S/C16H15O5P/c1-11(17)13-3-7-15(8-4-13)20-22(19)21-16-9-5-14(6-10-16)12(2)18/h3-10,22H,1-2H3. The van der Waals surface area contributed by atoms with E-state index in [0.717, 1.165) is 0 Å². The van der Waals surface area contributed by atoms with Crippen molar-refractivity contribution in [1.82, 2.24) is 0 Å². The van der Waals surface area contributed by atoms with Crippen molar-refractivity contribution < 1.29 is 23.2 Å². The SMILES string of the molecule is CC(=O)c1ccc(O[PH](=O)Oc2ccc(C(C)=O)cc2)cc1. The summed E-state index contributed by atoms with van der Waals surface area (Å²) in [5, 5.41) is 0. The van der Waals surface area contributed by atoms with E-state index in [0.29, 0.717) is 22.6 Å². The Hall–Kier alpha value is -2.39. The van der Waals surface area contributed by atoms with E-state index in [9.17, 15) is 14.2 Å². The van der Waals surface area contributed by atoms with Crippen LogP contribution in [0, 0.1) is 0 Å². The predicted molar refractivity (Wildman–Crippen MR) is 83.2 cm³/mol. The number of ketones is 2. The number of carbonyl (C=O) groups excluding carboxylic acids is 2. The maximum absolute atomic E-state index is 11.8. The molecule has 114 valence electrons. The van der Waals surface area contributed by atoms with Crippen LogP contribution < -0.4 is 9.05 Å². The fraction of sp³-hybridized carbons (Fsp3) is 0.125. The second kappa shape index (κ2) is 7.05. The van der Waals surface area contributed by atoms with Gasteiger partial charge in [-0.1, -0.05) is 0 Å². The zero-order chi connectivity index (χ0) is 16.1. The fourth-order valence-corrected chi connectivity index (χ4v) is 2.43. The predicted octanol–water partition coefficient (Wildman–Crippen LogP) is 3.94. The molecule has 0 fully saturated rings. The highest BCUT2D eigenvalue weighted by Crippen LogP contribution is 2.30. The highest BCUT2D eigenvalue weighted by Gasteiger charge is 2.06. The number of hydrogen-bond donors (Lipinski definition) is 0. The molecule has 2 aromatic carbocycles. The van der Waals surface area contributed by atoms with Gasteiger partial charge >= 0.3 is 8.25 Å². The second-order valence-corrected chi connectivity index (χ2v) is 5.52. The topological polar surface area (TPSA) is 69.7 Å². The van der Waals surface area contributed by atoms with Crippen LogP contribution in [0.1, 0.15) is 34.6 Å². The van der Waals surface area contributed by atoms with Gasteiger partial charge in [-0.05, 0) is 62.4 Å². The first kappa shape index (κ1) is 16.0. The molecule has 6 heteroatoms. The van der Waals surface area contributed by atoms with Crippen LogP contribution in [0.3, 0.4) is 0 Å². The van der Waals surface area contributed by atoms with Crippen LogP contribution in [0.2, 0.25) is 0 Å². The summed E-state index contributed by atoms with van der Waals surface area (Å²) in [6.07, 6.45) is 0. The lowest BCUT2D eigenvalue weighted by atomic mass is 10.1. The maximum Gasteiger partial charge on any atom is 0.418 e. The van der Waals surface area contributed by atoms with Crippen molar-refractivity contribution >= 4 is 19.8 Å². The van der Waals surface area contributed by atoms with E-state index < -0.39 is 8.25 Å². The molecule has 0 atom stereocenters. The van der Waals surface area contributed by atoms with Crippen LogP contribution in [0.25, 0.3) is 0 Å². The normalized spacial score (nSPS) is 10.3. The maximum atomic E-state index is 11.8. The lowest BCUT2D eigenvalue weighted by Crippen LogP contribution is -1.93. The Labute approximate surface area is 128 Å². The molecule has 0 aliphatic rings. The van der Waals surface area contributed by atoms with Crippen LogP contribution >= 0.6 is 8.25 Å². The Morgan fingerprint density at radius 2 is 1.05 bits per heavy atom. The van der Waals surface area contributed by atoms with Gasteiger partial charge in [-0.2, -0.15) is 0 Å². The molecular weight excluding hydrogens is 303 g/mol. The van der Waals surface area contributed by atoms with Gasteiger partial charge in [-0.15, -0.1) is 0 Å². The van der Waals surface area contributed by atoms with E-state index in [1.165, 1.54) is 13.8 Å². The van der Waals surface area contributed by atoms with Crippen molar-refractivity contribution in [3.05, 3.63) is 59.7 Å². The summed E-state index contributed by atoms with van der Waals surface area (Å²) in [6.45, 7) is 2.93. The number of hydrogen-bond acceptors (Lipinski definition) is 5. The summed E-state index contributed by atoms with van der Waals surface area (Å²) in [4.78, 5) is 22.3. The van der Waals surface area contributed by atoms with Crippen LogP contribution in [0.15, 0.2) is 48.5 Å². The Balaban J connectivity index is 1.97. The van der Waals surface area contributed by atoms with E-state index in [1.807, 2.05) is 0 Å². The van der Waals surface area contributed by atoms with E-state index in [1.54, 1.807) is 48.5 Å². The van der Waals surface area contributed by atoms with E-state index >= 15 is 0 Å². The zero-order valence-electron chi connectivity index (χ0n) is 12.2. The molecule has 2 aromatic rings. The van der Waals surface area contributed by atoms with Gasteiger partial charge in [0.05, 0.1) is 0 Å². The number of Topliss-reactive ketones (excluding diaryl/α,β-unsaturated/α-hetero) is 2. The summed E-state index contributed by atoms with van der Waals surface area (Å²) in [6, 6.07) is 12.6. The third-order valence-corrected chi connectivity index (χ3v) is 3.73. The average Bonchev–Trinajstić information content (AvgIpc) is 2.48. The molecule has 0 heterocycles. The van der Waals surface area contributed by atoms with Crippen molar-refractivity contribution in [2.75, 3.05) is 0 Å². The fourth-order valence-electron chi connectivity index (χ4n) is 1.73. The van der Waals surface area contributed by atoms with Gasteiger partial charge in [-0.25, -0.2) is 4.57 Å². The van der Waals surface area contributed by atoms with Crippen LogP contribution in [0.5, 0.6) is 11.5 Å². The van der Waals surface area contributed by atoms with Crippen molar-refractivity contribution in [2.45, 2.75) is 13.8 Å². The lowest BCUT2D eigenvalue weighted by molar-refractivity contribution is 0.100. The minimum absolute atomic E-state index is 0.0546. The summed E-state index contributed by atoms with van der Waals surface area (Å²) in [7, 11) is -2.78. The van der Waals surface area contributed by atoms with Crippen molar-refractivity contribution in [3.8, 4) is 11.5 Å². The minimum Gasteiger partial charge on any atom is -0.418 e. The van der Waals surface area contributed by atoms with Gasteiger partial charge in [0.15, 0.2) is 11.6 Å². The summed E-state index contributed by atoms with van der Waals surface area (Å²) in [5.41, 5.74) is 1.10. The van der Waals surface area contributed by atoms with Crippen LogP contribution in [0.4, 0.5) is 0 Å². The first-order chi connectivity index (χ1) is 10.5. The summed E-state index contributed by atoms with van der Waals surface area (Å²) >= 11 is 0. The monoisotopic (exact) mass is 318 g/mol. The minimum atomic E-state index is -2.78. The first-order valence-electron chi connectivity index (χ1n) is 6.57. The van der Waals surface area contributed by atoms with Crippen LogP contribution in [-0.4, -0.2) is 11.6 Å². The third-order valence-electron chi connectivity index (χ3n) is 2.92. The quantitative estimate of drug-likeness (QED) is 0.596. The van der Waals surface area contributed by atoms with Gasteiger partial charge in [0.2, 0.25) is 0 Å². The summed E-state index contributed by atoms with van der Waals surface area (Å²) in [5.74, 6) is 0.602. The van der Waals surface area contributed by atoms with Crippen LogP contribution in [-0.2, 0) is 4.57 Å². The molecule has 0 radical (unpaired) electrons. The molecule has 2 rings (SSSR count). The number of benzene rings is 2. The molecule has 22 heavy (non-hydrogen) atoms. The zero-order valence-corrected chi connectivity index (χ0v) is 13.2. The van der Waals surface area contributed by atoms with Crippen molar-refractivity contribution in [2.24, 2.45) is 0 Å².